The van der Waals surface area contributed by atoms with Gasteiger partial charge in [-0.1, -0.05) is 39.9 Å². The van der Waals surface area contributed by atoms with Crippen LogP contribution in [0.4, 0.5) is 0 Å². The fourth-order valence-corrected chi connectivity index (χ4v) is 3.15. The van der Waals surface area contributed by atoms with Crippen LogP contribution >= 0.6 is 28.1 Å². The van der Waals surface area contributed by atoms with E-state index >= 15 is 0 Å². The van der Waals surface area contributed by atoms with E-state index in [-0.39, 0.29) is 5.92 Å². The molecule has 2 nitrogen and oxygen atoms in total. The minimum absolute atomic E-state index is 0.276. The number of aromatic amines is 1. The molecule has 1 N–H and O–H groups in total. The summed E-state index contributed by atoms with van der Waals surface area (Å²) in [6, 6.07) is 2.19. The van der Waals surface area contributed by atoms with Crippen LogP contribution in [0.2, 0.25) is 0 Å². The second kappa shape index (κ2) is 5.11. The molecule has 0 saturated carbocycles. The number of aromatic nitrogens is 1. The fraction of sp³-hybridized carbons (Fsp3) is 0.500. The molecule has 0 aliphatic carbocycles. The number of halogens is 1. The molecule has 0 aliphatic rings. The molecule has 0 aromatic carbocycles. The minimum atomic E-state index is 0.276. The Hall–Kier alpha value is -0.660. The van der Waals surface area contributed by atoms with Crippen molar-refractivity contribution in [3.8, 4) is 6.07 Å². The average molecular weight is 299 g/mol. The highest BCUT2D eigenvalue weighted by Gasteiger charge is 2.17. The van der Waals surface area contributed by atoms with Crippen LogP contribution in [0.1, 0.15) is 56.4 Å². The molecule has 0 saturated heterocycles. The molecule has 1 heterocycles. The maximum Gasteiger partial charge on any atom is 0.121 e. The summed E-state index contributed by atoms with van der Waals surface area (Å²) in [7, 11) is 0. The Labute approximate surface area is 110 Å². The molecule has 1 aromatic heterocycles. The summed E-state index contributed by atoms with van der Waals surface area (Å²) >= 11 is 8.80. The van der Waals surface area contributed by atoms with Crippen molar-refractivity contribution in [2.24, 2.45) is 0 Å². The van der Waals surface area contributed by atoms with Gasteiger partial charge in [-0.05, 0) is 33.3 Å². The highest BCUT2D eigenvalue weighted by Crippen LogP contribution is 2.33. The molecule has 4 heteroatoms. The van der Waals surface area contributed by atoms with E-state index in [9.17, 15) is 0 Å². The van der Waals surface area contributed by atoms with Crippen molar-refractivity contribution in [2.45, 2.75) is 39.5 Å². The van der Waals surface area contributed by atoms with Crippen LogP contribution in [-0.2, 0) is 0 Å². The number of H-pyrrole nitrogens is 1. The molecular weight excluding hydrogens is 284 g/mol. The van der Waals surface area contributed by atoms with Gasteiger partial charge in [0, 0.05) is 10.2 Å². The predicted molar refractivity (Wildman–Crippen MR) is 72.2 cm³/mol. The topological polar surface area (TPSA) is 39.6 Å². The van der Waals surface area contributed by atoms with Crippen molar-refractivity contribution >= 4 is 28.1 Å². The van der Waals surface area contributed by atoms with E-state index in [1.54, 1.807) is 0 Å². The third kappa shape index (κ3) is 2.36. The zero-order valence-electron chi connectivity index (χ0n) is 9.89. The first-order valence-corrected chi connectivity index (χ1v) is 6.45. The smallest absolute Gasteiger partial charge is 0.121 e. The standard InChI is InChI=1S/C12H15BrN2S/c1-6(2)9-8(5-14)12(16)15-11(7(3)4)10(9)13/h6-7H,1-4H3,(H,15,16). The first-order chi connectivity index (χ1) is 7.40. The van der Waals surface area contributed by atoms with Gasteiger partial charge in [-0.3, -0.25) is 0 Å². The van der Waals surface area contributed by atoms with Crippen LogP contribution in [0.25, 0.3) is 0 Å². The third-order valence-electron chi connectivity index (χ3n) is 2.48. The van der Waals surface area contributed by atoms with E-state index in [1.165, 1.54) is 0 Å². The van der Waals surface area contributed by atoms with Gasteiger partial charge in [0.2, 0.25) is 0 Å². The molecular formula is C12H15BrN2S. The molecule has 1 rings (SSSR count). The Bertz CT molecular complexity index is 495. The number of pyridine rings is 1. The Morgan fingerprint density at radius 1 is 1.25 bits per heavy atom. The Balaban J connectivity index is 3.68. The van der Waals surface area contributed by atoms with Gasteiger partial charge in [-0.15, -0.1) is 0 Å². The van der Waals surface area contributed by atoms with Crippen LogP contribution in [-0.4, -0.2) is 4.98 Å². The van der Waals surface area contributed by atoms with Gasteiger partial charge in [-0.25, -0.2) is 0 Å². The predicted octanol–water partition coefficient (Wildman–Crippen LogP) is 4.63. The normalized spacial score (nSPS) is 10.9. The lowest BCUT2D eigenvalue weighted by Gasteiger charge is -2.16. The van der Waals surface area contributed by atoms with Gasteiger partial charge in [-0.2, -0.15) is 5.26 Å². The molecule has 0 atom stereocenters. The third-order valence-corrected chi connectivity index (χ3v) is 3.64. The summed E-state index contributed by atoms with van der Waals surface area (Å²) in [5.41, 5.74) is 2.66. The first kappa shape index (κ1) is 13.4. The number of rotatable bonds is 2. The summed E-state index contributed by atoms with van der Waals surface area (Å²) in [5, 5.41) is 9.14. The highest BCUT2D eigenvalue weighted by atomic mass is 79.9. The zero-order chi connectivity index (χ0) is 12.5. The summed E-state index contributed by atoms with van der Waals surface area (Å²) in [5.74, 6) is 0.624. The molecule has 86 valence electrons. The van der Waals surface area contributed by atoms with E-state index in [1.807, 2.05) is 0 Å². The van der Waals surface area contributed by atoms with Crippen molar-refractivity contribution in [2.75, 3.05) is 0 Å². The van der Waals surface area contributed by atoms with Gasteiger partial charge in [0.25, 0.3) is 0 Å². The lowest BCUT2D eigenvalue weighted by Crippen LogP contribution is -2.04. The van der Waals surface area contributed by atoms with Crippen LogP contribution in [0, 0.1) is 16.0 Å². The lowest BCUT2D eigenvalue weighted by atomic mass is 9.96. The van der Waals surface area contributed by atoms with E-state index in [0.29, 0.717) is 16.1 Å². The molecule has 1 aromatic rings. The Morgan fingerprint density at radius 3 is 2.19 bits per heavy atom. The van der Waals surface area contributed by atoms with Crippen molar-refractivity contribution < 1.29 is 0 Å². The number of nitrogens with zero attached hydrogens (tertiary/aromatic N) is 1. The maximum atomic E-state index is 9.14. The Kier molecular flexibility index (Phi) is 4.28. The van der Waals surface area contributed by atoms with Gasteiger partial charge >= 0.3 is 0 Å². The molecule has 0 unspecified atom stereocenters. The molecule has 16 heavy (non-hydrogen) atoms. The van der Waals surface area contributed by atoms with Gasteiger partial charge in [0.1, 0.15) is 10.7 Å². The largest absolute Gasteiger partial charge is 0.348 e. The summed E-state index contributed by atoms with van der Waals surface area (Å²) in [4.78, 5) is 3.14. The summed E-state index contributed by atoms with van der Waals surface area (Å²) < 4.78 is 1.53. The minimum Gasteiger partial charge on any atom is -0.348 e. The van der Waals surface area contributed by atoms with Gasteiger partial charge < -0.3 is 4.98 Å². The van der Waals surface area contributed by atoms with Crippen molar-refractivity contribution in [3.63, 3.8) is 0 Å². The lowest BCUT2D eigenvalue weighted by molar-refractivity contribution is 0.783. The van der Waals surface area contributed by atoms with Gasteiger partial charge in [0.15, 0.2) is 0 Å². The van der Waals surface area contributed by atoms with Crippen LogP contribution < -0.4 is 0 Å². The van der Waals surface area contributed by atoms with Crippen molar-refractivity contribution in [3.05, 3.63) is 25.9 Å². The average Bonchev–Trinajstić information content (AvgIpc) is 2.19. The maximum absolute atomic E-state index is 9.14. The number of nitriles is 1. The van der Waals surface area contributed by atoms with E-state index in [0.717, 1.165) is 15.7 Å². The van der Waals surface area contributed by atoms with Crippen molar-refractivity contribution in [1.82, 2.24) is 4.98 Å². The second-order valence-electron chi connectivity index (χ2n) is 4.39. The second-order valence-corrected chi connectivity index (χ2v) is 5.59. The van der Waals surface area contributed by atoms with E-state index < -0.39 is 0 Å². The number of nitrogens with one attached hydrogen (secondary N) is 1. The van der Waals surface area contributed by atoms with Crippen LogP contribution in [0.15, 0.2) is 4.47 Å². The monoisotopic (exact) mass is 298 g/mol. The SMILES string of the molecule is CC(C)c1[nH]c(=S)c(C#N)c(C(C)C)c1Br. The fourth-order valence-electron chi connectivity index (χ4n) is 1.67. The van der Waals surface area contributed by atoms with Gasteiger partial charge in [0.05, 0.1) is 5.56 Å². The Morgan fingerprint density at radius 2 is 1.81 bits per heavy atom. The van der Waals surface area contributed by atoms with Crippen LogP contribution in [0.5, 0.6) is 0 Å². The molecule has 0 spiro atoms. The number of hydrogen-bond donors (Lipinski definition) is 1. The van der Waals surface area contributed by atoms with E-state index in [4.69, 9.17) is 17.5 Å². The van der Waals surface area contributed by atoms with E-state index in [2.05, 4.69) is 54.7 Å². The van der Waals surface area contributed by atoms with Crippen LogP contribution in [0.3, 0.4) is 0 Å². The first-order valence-electron chi connectivity index (χ1n) is 5.25. The molecule has 0 radical (unpaired) electrons. The quantitative estimate of drug-likeness (QED) is 0.809. The molecule has 0 amide bonds. The summed E-state index contributed by atoms with van der Waals surface area (Å²) in [6.45, 7) is 8.34. The molecule has 0 bridgehead atoms. The summed E-state index contributed by atoms with van der Waals surface area (Å²) in [6.07, 6.45) is 0. The van der Waals surface area contributed by atoms with Crippen molar-refractivity contribution in [1.29, 1.82) is 5.26 Å². The molecule has 0 fully saturated rings. The highest BCUT2D eigenvalue weighted by molar-refractivity contribution is 9.10. The molecule has 0 aliphatic heterocycles. The number of hydrogen-bond acceptors (Lipinski definition) is 2. The zero-order valence-corrected chi connectivity index (χ0v) is 12.3.